The number of nitrogens with one attached hydrogen (secondary N) is 12. The van der Waals surface area contributed by atoms with E-state index in [9.17, 15) is 135 Å². The summed E-state index contributed by atoms with van der Waals surface area (Å²) in [7, 11) is 0. The Labute approximate surface area is 789 Å². The molecule has 0 spiro atoms. The third kappa shape index (κ3) is 29.8. The number of ether oxygens (including phenoxy) is 10. The maximum absolute atomic E-state index is 15.6. The number of nitrogens with two attached hydrogens (primary N) is 1. The van der Waals surface area contributed by atoms with Crippen LogP contribution in [0.4, 0.5) is 0 Å². The number of rotatable bonds is 44. The van der Waals surface area contributed by atoms with Crippen LogP contribution >= 0.6 is 0 Å². The summed E-state index contributed by atoms with van der Waals surface area (Å²) in [5.74, 6) is -18.2. The molecular formula is C81H135N15O42. The summed E-state index contributed by atoms with van der Waals surface area (Å²) in [4.78, 5) is 210. The molecule has 14 amide bonds. The van der Waals surface area contributed by atoms with Crippen LogP contribution in [0.2, 0.25) is 0 Å². The Morgan fingerprint density at radius 3 is 1.09 bits per heavy atom. The first-order valence-electron chi connectivity index (χ1n) is 44.8. The molecule has 57 nitrogen and oxygen atoms in total. The van der Waals surface area contributed by atoms with Crippen LogP contribution in [0.1, 0.15) is 116 Å². The van der Waals surface area contributed by atoms with Gasteiger partial charge in [-0.15, -0.1) is 0 Å². The molecular weight excluding hydrogens is 1850 g/mol. The number of aliphatic hydroxyl groups is 16. The number of hydrogen-bond acceptors (Lipinski definition) is 42. The third-order valence-electron chi connectivity index (χ3n) is 24.1. The number of carboxylic acids is 1. The molecule has 0 unspecified atom stereocenters. The van der Waals surface area contributed by atoms with Gasteiger partial charge in [0.2, 0.25) is 82.7 Å². The SMILES string of the molecule is CC(=O)N[C@H]1[C@@H](O[C@H](C)[C@H](NC(=O)[C@@H]2CCCN2C(=O)[C@@H](NC(=O)[C@@H](NC(=O)[C@@H](NC(=O)[C@@H](NC(=O)[C@@H](N)[C@@H](C)O)[C@@H](C)O)[C@@H](C)O[C@H]2O[C@H](CO[C@@H]3O[C@H](CO)[C@@H](O)[C@H](O)[C@H]3NC(C)=O)[C@H](O)[C@H](O[C@@H]3O[C@H](CO)[C@@H](O)[C@H](O)[C@H]3NC(C)=O)[C@H]2NC(C)=O)C(C)C)[C@@H](C)O)C(=O)N2CCC[C@H]2C(=O)N[C@H](C(=O)NCC(=O)O)[C@@H](C)O)O[C@H](CO[C@@H]2O[C@H](CO)[C@@H](O)[C@H](O)[C@H]2NC(C)=O)[C@H](O)[C@@H]1O. The Balaban J connectivity index is 1.25. The van der Waals surface area contributed by atoms with Crippen molar-refractivity contribution in [1.82, 2.24) is 73.6 Å². The molecule has 7 rings (SSSR count). The Morgan fingerprint density at radius 2 is 0.688 bits per heavy atom. The average Bonchev–Trinajstić information content (AvgIpc) is 1.03. The highest BCUT2D eigenvalue weighted by Gasteiger charge is 2.57. The van der Waals surface area contributed by atoms with Gasteiger partial charge < -0.3 is 214 Å². The van der Waals surface area contributed by atoms with E-state index in [0.717, 1.165) is 86.0 Å². The third-order valence-corrected chi connectivity index (χ3v) is 24.1. The number of carbonyl (C=O) groups is 15. The van der Waals surface area contributed by atoms with Crippen molar-refractivity contribution in [2.45, 2.75) is 360 Å². The van der Waals surface area contributed by atoms with Gasteiger partial charge in [0, 0.05) is 47.7 Å². The first kappa shape index (κ1) is 116. The van der Waals surface area contributed by atoms with E-state index in [1.165, 1.54) is 13.8 Å². The van der Waals surface area contributed by atoms with Crippen molar-refractivity contribution in [1.29, 1.82) is 0 Å². The largest absolute Gasteiger partial charge is 0.480 e. The Kier molecular flexibility index (Phi) is 43.8. The second-order valence-corrected chi connectivity index (χ2v) is 35.4. The zero-order valence-corrected chi connectivity index (χ0v) is 77.9. The monoisotopic (exact) mass is 1990 g/mol. The van der Waals surface area contributed by atoms with Gasteiger partial charge >= 0.3 is 5.97 Å². The maximum atomic E-state index is 15.6. The molecule has 0 aliphatic carbocycles. The van der Waals surface area contributed by atoms with Crippen molar-refractivity contribution in [2.75, 3.05) is 52.7 Å². The lowest BCUT2D eigenvalue weighted by Gasteiger charge is -2.49. The molecule has 0 aromatic heterocycles. The predicted octanol–water partition coefficient (Wildman–Crippen LogP) is -17.8. The molecule has 7 heterocycles. The summed E-state index contributed by atoms with van der Waals surface area (Å²) in [6, 6.07) is -26.2. The number of likely N-dealkylation sites (tertiary alicyclic amines) is 2. The smallest absolute Gasteiger partial charge is 0.322 e. The highest BCUT2D eigenvalue weighted by molar-refractivity contribution is 5.99. The van der Waals surface area contributed by atoms with Crippen molar-refractivity contribution in [3.63, 3.8) is 0 Å². The summed E-state index contributed by atoms with van der Waals surface area (Å²) in [5.41, 5.74) is 5.90. The molecule has 7 saturated heterocycles. The second kappa shape index (κ2) is 52.1. The second-order valence-electron chi connectivity index (χ2n) is 35.4. The van der Waals surface area contributed by atoms with Crippen LogP contribution in [0, 0.1) is 5.92 Å². The Bertz CT molecular complexity index is 4150. The highest BCUT2D eigenvalue weighted by Crippen LogP contribution is 2.35. The van der Waals surface area contributed by atoms with Crippen LogP contribution in [0.5, 0.6) is 0 Å². The Morgan fingerprint density at radius 1 is 0.370 bits per heavy atom. The van der Waals surface area contributed by atoms with Crippen molar-refractivity contribution in [3.05, 3.63) is 0 Å². The van der Waals surface area contributed by atoms with E-state index >= 15 is 24.0 Å². The summed E-state index contributed by atoms with van der Waals surface area (Å²) in [6.07, 6.45) is -49.7. The molecule has 0 aromatic carbocycles. The number of hydrogen-bond donors (Lipinski definition) is 30. The maximum Gasteiger partial charge on any atom is 0.322 e. The zero-order valence-electron chi connectivity index (χ0n) is 77.9. The number of aliphatic hydroxyl groups excluding tert-OH is 16. The molecule has 7 aliphatic heterocycles. The van der Waals surface area contributed by atoms with Gasteiger partial charge in [0.05, 0.1) is 69.7 Å². The standard InChI is InChI=1S/C81H135N15O42/c1-26(2)47(89-74(126)51(93-73(125)49(29(5)102)91-70(122)46(82)27(3)100)31(7)131-81-57(88-37(13)108)67(138-80-56(87-36(12)107)65(118)60(113)42(23-99)135-80)62(115)44(137-81)25-130-78-54(85-34(10)105)64(117)59(112)41(22-98)134-78)72(124)92-50(30(6)103)75(127)95-18-14-17-39(95)69(121)94-52(76(128)96-19-15-16-38(96)68(120)90-48(28(4)101)71(123)83-20-45(109)110)32(8)132-79-55(86-35(11)106)66(119)61(114)43(136-79)24-129-77-53(84-33(9)104)63(116)58(111)40(21-97)133-77/h26-32,38-44,46-67,77-81,97-103,111-119H,14-25,82H2,1-13H3,(H,83,123)(H,84,104)(H,85,105)(H,86,106)(H,87,107)(H,88,108)(H,89,126)(H,90,120)(H,91,122)(H,92,124)(H,93,125)(H,94,121)(H,109,110)/t27-,28-,29-,30-,31-,32-,38+,39+,40-,41-,42-,43-,44-,46+,47+,48+,49+,50+,51+,52+,53-,54-,55-,56-,57-,58-,59-,60-,61+,62+,63-,64-,65-,66-,67-,77-,78-,79+,80+,81+/m1/s1. The van der Waals surface area contributed by atoms with E-state index in [2.05, 4.69) is 58.5 Å². The van der Waals surface area contributed by atoms with E-state index in [1.54, 1.807) is 0 Å². The number of amides is 14. The quantitative estimate of drug-likeness (QED) is 0.0269. The lowest BCUT2D eigenvalue weighted by molar-refractivity contribution is -0.339. The predicted molar refractivity (Wildman–Crippen MR) is 456 cm³/mol. The number of aliphatic carboxylic acids is 1. The van der Waals surface area contributed by atoms with Gasteiger partial charge in [-0.1, -0.05) is 13.8 Å². The summed E-state index contributed by atoms with van der Waals surface area (Å²) >= 11 is 0. The van der Waals surface area contributed by atoms with E-state index in [-0.39, 0.29) is 38.8 Å². The molecule has 0 radical (unpaired) electrons. The van der Waals surface area contributed by atoms with Crippen molar-refractivity contribution < 1.29 is 206 Å². The normalized spacial score (nSPS) is 33.3. The van der Waals surface area contributed by atoms with Gasteiger partial charge in [0.15, 0.2) is 31.5 Å². The molecule has 40 atom stereocenters. The van der Waals surface area contributed by atoms with Gasteiger partial charge in [-0.05, 0) is 73.1 Å². The van der Waals surface area contributed by atoms with Gasteiger partial charge in [0.25, 0.3) is 0 Å². The first-order valence-corrected chi connectivity index (χ1v) is 44.8. The van der Waals surface area contributed by atoms with Crippen molar-refractivity contribution >= 4 is 88.7 Å². The Hall–Kier alpha value is -9.03. The van der Waals surface area contributed by atoms with Crippen LogP contribution in [0.15, 0.2) is 0 Å². The van der Waals surface area contributed by atoms with Gasteiger partial charge in [-0.3, -0.25) is 71.9 Å². The molecule has 57 heteroatoms. The van der Waals surface area contributed by atoms with E-state index in [0.29, 0.717) is 0 Å². The van der Waals surface area contributed by atoms with Crippen LogP contribution in [0.25, 0.3) is 0 Å². The fourth-order valence-electron chi connectivity index (χ4n) is 16.7. The topological polar surface area (TPSA) is 869 Å². The molecule has 0 bridgehead atoms. The minimum Gasteiger partial charge on any atom is -0.480 e. The van der Waals surface area contributed by atoms with Crippen LogP contribution in [0.3, 0.4) is 0 Å². The summed E-state index contributed by atoms with van der Waals surface area (Å²) in [5, 5.41) is 213. The van der Waals surface area contributed by atoms with E-state index in [4.69, 9.17) is 53.1 Å². The lowest BCUT2D eigenvalue weighted by Crippen LogP contribution is -2.70. The van der Waals surface area contributed by atoms with Gasteiger partial charge in [0.1, 0.15) is 183 Å². The average molecular weight is 1990 g/mol. The zero-order chi connectivity index (χ0) is 104. The van der Waals surface area contributed by atoms with E-state index < -0.39 is 378 Å². The van der Waals surface area contributed by atoms with Gasteiger partial charge in [-0.2, -0.15) is 0 Å². The van der Waals surface area contributed by atoms with Crippen LogP contribution in [-0.2, 0) is 119 Å². The van der Waals surface area contributed by atoms with Crippen LogP contribution < -0.4 is 69.5 Å². The molecule has 786 valence electrons. The van der Waals surface area contributed by atoms with Gasteiger partial charge in [-0.25, -0.2) is 0 Å². The highest BCUT2D eigenvalue weighted by atomic mass is 16.8. The van der Waals surface area contributed by atoms with Crippen molar-refractivity contribution in [2.24, 2.45) is 11.7 Å². The number of carbonyl (C=O) groups excluding carboxylic acids is 14. The fourth-order valence-corrected chi connectivity index (χ4v) is 16.7. The van der Waals surface area contributed by atoms with Crippen molar-refractivity contribution in [3.8, 4) is 0 Å². The molecule has 31 N–H and O–H groups in total. The van der Waals surface area contributed by atoms with E-state index in [1.807, 2.05) is 5.32 Å². The molecule has 7 fully saturated rings. The summed E-state index contributed by atoms with van der Waals surface area (Å²) < 4.78 is 60.7. The molecule has 138 heavy (non-hydrogen) atoms. The molecule has 7 aliphatic rings. The molecule has 0 saturated carbocycles. The lowest BCUT2D eigenvalue weighted by atomic mass is 9.94. The molecule has 0 aromatic rings. The number of nitrogens with zero attached hydrogens (tertiary/aromatic N) is 2. The fraction of sp³-hybridized carbons (Fsp3) is 0.815. The first-order chi connectivity index (χ1) is 64.6. The summed E-state index contributed by atoms with van der Waals surface area (Å²) in [6.45, 7) is 7.77. The number of carboxylic acid groups (broad SMARTS) is 1. The minimum absolute atomic E-state index is 0.0304. The van der Waals surface area contributed by atoms with Crippen LogP contribution in [-0.4, -0.2) is 482 Å². The minimum atomic E-state index is -2.32.